The van der Waals surface area contributed by atoms with Crippen LogP contribution in [0.15, 0.2) is 22.8 Å². The van der Waals surface area contributed by atoms with Crippen LogP contribution >= 0.6 is 27.3 Å². The molecule has 0 amide bonds. The highest BCUT2D eigenvalue weighted by Crippen LogP contribution is 2.41. The van der Waals surface area contributed by atoms with Gasteiger partial charge in [0, 0.05) is 11.8 Å². The van der Waals surface area contributed by atoms with Crippen molar-refractivity contribution in [2.24, 2.45) is 0 Å². The summed E-state index contributed by atoms with van der Waals surface area (Å²) in [6.07, 6.45) is 1.69. The van der Waals surface area contributed by atoms with Crippen LogP contribution in [0.1, 0.15) is 4.88 Å². The van der Waals surface area contributed by atoms with E-state index in [1.54, 1.807) is 6.20 Å². The predicted molar refractivity (Wildman–Crippen MR) is 72.2 cm³/mol. The van der Waals surface area contributed by atoms with Gasteiger partial charge in [0.25, 0.3) is 0 Å². The van der Waals surface area contributed by atoms with Crippen LogP contribution < -0.4 is 9.47 Å². The van der Waals surface area contributed by atoms with E-state index in [2.05, 4.69) is 20.9 Å². The number of hydrogen-bond acceptors (Lipinski definition) is 5. The third kappa shape index (κ3) is 2.11. The van der Waals surface area contributed by atoms with Crippen molar-refractivity contribution in [2.75, 3.05) is 13.2 Å². The third-order valence-electron chi connectivity index (χ3n) is 2.55. The lowest BCUT2D eigenvalue weighted by Crippen LogP contribution is -2.15. The molecular formula is C12H10BrNO3S. The number of ether oxygens (including phenoxy) is 2. The van der Waals surface area contributed by atoms with E-state index >= 15 is 0 Å². The fourth-order valence-corrected chi connectivity index (χ4v) is 3.06. The number of nitrogens with zero attached hydrogens (tertiary/aromatic N) is 1. The molecule has 18 heavy (non-hydrogen) atoms. The quantitative estimate of drug-likeness (QED) is 0.921. The Morgan fingerprint density at radius 2 is 2.17 bits per heavy atom. The van der Waals surface area contributed by atoms with Crippen LogP contribution in [0.2, 0.25) is 0 Å². The number of fused-ring (bicyclic) bond motifs is 1. The number of rotatable bonds is 2. The summed E-state index contributed by atoms with van der Waals surface area (Å²) in [5, 5.41) is 9.92. The smallest absolute Gasteiger partial charge is 0.175 e. The summed E-state index contributed by atoms with van der Waals surface area (Å²) >= 11 is 4.94. The minimum absolute atomic E-state index is 0.0173. The molecule has 0 radical (unpaired) electrons. The number of aromatic nitrogens is 1. The lowest BCUT2D eigenvalue weighted by Gasteiger charge is -2.20. The Bertz CT molecular complexity index is 585. The van der Waals surface area contributed by atoms with E-state index in [4.69, 9.17) is 14.6 Å². The van der Waals surface area contributed by atoms with Crippen molar-refractivity contribution in [3.8, 4) is 22.1 Å². The van der Waals surface area contributed by atoms with Crippen LogP contribution in [-0.4, -0.2) is 23.3 Å². The maximum absolute atomic E-state index is 9.06. The largest absolute Gasteiger partial charge is 0.486 e. The summed E-state index contributed by atoms with van der Waals surface area (Å²) < 4.78 is 12.0. The molecule has 0 aliphatic carbocycles. The third-order valence-corrected chi connectivity index (χ3v) is 4.17. The summed E-state index contributed by atoms with van der Waals surface area (Å²) in [6, 6.07) is 3.87. The zero-order valence-corrected chi connectivity index (χ0v) is 11.8. The molecule has 94 valence electrons. The van der Waals surface area contributed by atoms with Gasteiger partial charge in [-0.3, -0.25) is 0 Å². The molecule has 0 bridgehead atoms. The molecule has 1 aliphatic rings. The van der Waals surface area contributed by atoms with Gasteiger partial charge in [-0.15, -0.1) is 11.3 Å². The molecular weight excluding hydrogens is 318 g/mol. The fraction of sp³-hybridized carbons (Fsp3) is 0.250. The number of aliphatic hydroxyl groups excluding tert-OH is 1. The van der Waals surface area contributed by atoms with E-state index in [1.165, 1.54) is 11.3 Å². The first-order chi connectivity index (χ1) is 8.78. The minimum Gasteiger partial charge on any atom is -0.486 e. The minimum atomic E-state index is 0.0173. The Balaban J connectivity index is 2.04. The summed E-state index contributed by atoms with van der Waals surface area (Å²) in [6.45, 7) is 1.14. The van der Waals surface area contributed by atoms with Crippen molar-refractivity contribution >= 4 is 27.3 Å². The number of hydrogen-bond donors (Lipinski definition) is 1. The summed E-state index contributed by atoms with van der Waals surface area (Å²) in [7, 11) is 0. The fourth-order valence-electron chi connectivity index (χ4n) is 1.75. The summed E-state index contributed by atoms with van der Waals surface area (Å²) in [5.41, 5.74) is 0.954. The number of aliphatic hydroxyl groups is 1. The predicted octanol–water partition coefficient (Wildman–Crippen LogP) is 2.84. The molecule has 2 aromatic rings. The summed E-state index contributed by atoms with van der Waals surface area (Å²) in [5.74, 6) is 1.47. The second kappa shape index (κ2) is 4.87. The highest BCUT2D eigenvalue weighted by atomic mass is 79.9. The standard InChI is InChI=1S/C12H10BrNO3S/c13-9-3-7(12-14-5-8(6-15)18-12)4-10-11(9)17-2-1-16-10/h3-5,15H,1-2,6H2. The molecule has 0 saturated carbocycles. The molecule has 4 nitrogen and oxygen atoms in total. The van der Waals surface area contributed by atoms with Crippen LogP contribution in [0.25, 0.3) is 10.6 Å². The van der Waals surface area contributed by atoms with Crippen molar-refractivity contribution < 1.29 is 14.6 Å². The number of thiazole rings is 1. The van der Waals surface area contributed by atoms with Gasteiger partial charge in [-0.1, -0.05) is 0 Å². The van der Waals surface area contributed by atoms with Gasteiger partial charge in [0.1, 0.15) is 18.2 Å². The lowest BCUT2D eigenvalue weighted by atomic mass is 10.2. The average molecular weight is 328 g/mol. The molecule has 0 unspecified atom stereocenters. The SMILES string of the molecule is OCc1cnc(-c2cc(Br)c3c(c2)OCCO3)s1. The van der Waals surface area contributed by atoms with Crippen molar-refractivity contribution in [1.82, 2.24) is 4.98 Å². The Hall–Kier alpha value is -1.11. The maximum Gasteiger partial charge on any atom is 0.175 e. The van der Waals surface area contributed by atoms with Gasteiger partial charge in [-0.25, -0.2) is 4.98 Å². The molecule has 0 spiro atoms. The number of halogens is 1. The molecule has 3 rings (SSSR count). The Labute approximate surface area is 116 Å². The van der Waals surface area contributed by atoms with E-state index in [0.29, 0.717) is 13.2 Å². The van der Waals surface area contributed by atoms with Crippen LogP contribution in [0.4, 0.5) is 0 Å². The van der Waals surface area contributed by atoms with Crippen LogP contribution in [0, 0.1) is 0 Å². The van der Waals surface area contributed by atoms with E-state index in [-0.39, 0.29) is 6.61 Å². The molecule has 1 aliphatic heterocycles. The Morgan fingerprint density at radius 1 is 1.33 bits per heavy atom. The van der Waals surface area contributed by atoms with Crippen LogP contribution in [0.5, 0.6) is 11.5 Å². The molecule has 1 aromatic carbocycles. The van der Waals surface area contributed by atoms with Gasteiger partial charge in [-0.2, -0.15) is 0 Å². The highest BCUT2D eigenvalue weighted by Gasteiger charge is 2.18. The van der Waals surface area contributed by atoms with Crippen LogP contribution in [-0.2, 0) is 6.61 Å². The Kier molecular flexibility index (Phi) is 3.23. The zero-order valence-electron chi connectivity index (χ0n) is 9.35. The molecule has 0 saturated heterocycles. The number of benzene rings is 1. The van der Waals surface area contributed by atoms with Gasteiger partial charge in [0.2, 0.25) is 0 Å². The molecule has 1 N–H and O–H groups in total. The van der Waals surface area contributed by atoms with Gasteiger partial charge in [0.15, 0.2) is 11.5 Å². The van der Waals surface area contributed by atoms with E-state index in [0.717, 1.165) is 31.4 Å². The first-order valence-corrected chi connectivity index (χ1v) is 7.04. The van der Waals surface area contributed by atoms with Gasteiger partial charge >= 0.3 is 0 Å². The van der Waals surface area contributed by atoms with Crippen LogP contribution in [0.3, 0.4) is 0 Å². The van der Waals surface area contributed by atoms with Gasteiger partial charge in [0.05, 0.1) is 16.0 Å². The average Bonchev–Trinajstić information content (AvgIpc) is 2.87. The van der Waals surface area contributed by atoms with Gasteiger partial charge < -0.3 is 14.6 Å². The zero-order chi connectivity index (χ0) is 12.5. The van der Waals surface area contributed by atoms with Crippen molar-refractivity contribution in [3.05, 3.63) is 27.7 Å². The van der Waals surface area contributed by atoms with E-state index in [9.17, 15) is 0 Å². The first-order valence-electron chi connectivity index (χ1n) is 5.43. The molecule has 0 fully saturated rings. The monoisotopic (exact) mass is 327 g/mol. The van der Waals surface area contributed by atoms with Crippen molar-refractivity contribution in [2.45, 2.75) is 6.61 Å². The second-order valence-electron chi connectivity index (χ2n) is 3.77. The molecule has 1 aromatic heterocycles. The molecule has 6 heteroatoms. The highest BCUT2D eigenvalue weighted by molar-refractivity contribution is 9.10. The van der Waals surface area contributed by atoms with Crippen molar-refractivity contribution in [3.63, 3.8) is 0 Å². The summed E-state index contributed by atoms with van der Waals surface area (Å²) in [4.78, 5) is 5.13. The maximum atomic E-state index is 9.06. The van der Waals surface area contributed by atoms with E-state index in [1.807, 2.05) is 12.1 Å². The molecule has 0 atom stereocenters. The Morgan fingerprint density at radius 3 is 2.94 bits per heavy atom. The molecule has 2 heterocycles. The first kappa shape index (κ1) is 12.0. The van der Waals surface area contributed by atoms with Crippen molar-refractivity contribution in [1.29, 1.82) is 0 Å². The lowest BCUT2D eigenvalue weighted by molar-refractivity contribution is 0.170. The van der Waals surface area contributed by atoms with E-state index < -0.39 is 0 Å². The normalized spacial score (nSPS) is 13.7. The second-order valence-corrected chi connectivity index (χ2v) is 5.74. The topological polar surface area (TPSA) is 51.6 Å². The van der Waals surface area contributed by atoms with Gasteiger partial charge in [-0.05, 0) is 28.1 Å².